The van der Waals surface area contributed by atoms with Crippen LogP contribution < -0.4 is 11.1 Å². The normalized spacial score (nSPS) is 24.6. The standard InChI is InChI=1S/C14H22N2O/c1-10-6-12(15)8-13(7-10)16-14-5-3-2-4-11(14)9-17/h6-8,11,14,16-17H,2-5,9,15H2,1H3. The number of aliphatic hydroxyl groups excluding tert-OH is 1. The van der Waals surface area contributed by atoms with Gasteiger partial charge in [0.2, 0.25) is 0 Å². The average Bonchev–Trinajstić information content (AvgIpc) is 2.28. The third-order valence-electron chi connectivity index (χ3n) is 3.60. The van der Waals surface area contributed by atoms with E-state index in [1.54, 1.807) is 0 Å². The van der Waals surface area contributed by atoms with E-state index >= 15 is 0 Å². The van der Waals surface area contributed by atoms with Gasteiger partial charge < -0.3 is 16.2 Å². The number of hydrogen-bond donors (Lipinski definition) is 3. The summed E-state index contributed by atoms with van der Waals surface area (Å²) in [5, 5.41) is 12.9. The van der Waals surface area contributed by atoms with Gasteiger partial charge in [-0.1, -0.05) is 12.8 Å². The summed E-state index contributed by atoms with van der Waals surface area (Å²) < 4.78 is 0. The van der Waals surface area contributed by atoms with Gasteiger partial charge in [-0.25, -0.2) is 0 Å². The molecule has 0 aliphatic heterocycles. The molecule has 1 aromatic rings. The first kappa shape index (κ1) is 12.2. The van der Waals surface area contributed by atoms with E-state index in [0.29, 0.717) is 12.0 Å². The molecule has 0 heterocycles. The minimum Gasteiger partial charge on any atom is -0.399 e. The van der Waals surface area contributed by atoms with Crippen LogP contribution in [0.25, 0.3) is 0 Å². The van der Waals surface area contributed by atoms with E-state index in [1.807, 2.05) is 19.1 Å². The van der Waals surface area contributed by atoms with Crippen molar-refractivity contribution in [2.45, 2.75) is 38.6 Å². The molecular formula is C14H22N2O. The molecule has 17 heavy (non-hydrogen) atoms. The molecule has 1 aliphatic rings. The number of benzene rings is 1. The third-order valence-corrected chi connectivity index (χ3v) is 3.60. The van der Waals surface area contributed by atoms with Gasteiger partial charge in [0.1, 0.15) is 0 Å². The molecule has 1 aromatic carbocycles. The molecule has 0 radical (unpaired) electrons. The number of nitrogen functional groups attached to an aromatic ring is 1. The number of anilines is 2. The molecule has 0 aromatic heterocycles. The highest BCUT2D eigenvalue weighted by Gasteiger charge is 2.24. The number of aryl methyl sites for hydroxylation is 1. The minimum atomic E-state index is 0.277. The van der Waals surface area contributed by atoms with Crippen LogP contribution in [0.2, 0.25) is 0 Å². The summed E-state index contributed by atoms with van der Waals surface area (Å²) in [6.07, 6.45) is 4.74. The zero-order valence-corrected chi connectivity index (χ0v) is 10.4. The van der Waals surface area contributed by atoms with Crippen LogP contribution in [0.15, 0.2) is 18.2 Å². The van der Waals surface area contributed by atoms with E-state index in [0.717, 1.165) is 24.2 Å². The predicted octanol–water partition coefficient (Wildman–Crippen LogP) is 2.54. The van der Waals surface area contributed by atoms with Crippen LogP contribution >= 0.6 is 0 Å². The lowest BCUT2D eigenvalue weighted by Gasteiger charge is -2.31. The zero-order chi connectivity index (χ0) is 12.3. The summed E-state index contributed by atoms with van der Waals surface area (Å²) in [7, 11) is 0. The van der Waals surface area contributed by atoms with E-state index < -0.39 is 0 Å². The van der Waals surface area contributed by atoms with E-state index in [9.17, 15) is 5.11 Å². The topological polar surface area (TPSA) is 58.3 Å². The summed E-state index contributed by atoms with van der Waals surface area (Å²) >= 11 is 0. The number of hydrogen-bond acceptors (Lipinski definition) is 3. The van der Waals surface area contributed by atoms with Crippen molar-refractivity contribution in [1.29, 1.82) is 0 Å². The summed E-state index contributed by atoms with van der Waals surface area (Å²) in [6.45, 7) is 2.32. The number of aliphatic hydroxyl groups is 1. The Labute approximate surface area is 103 Å². The number of nitrogens with two attached hydrogens (primary N) is 1. The van der Waals surface area contributed by atoms with Gasteiger partial charge in [0.05, 0.1) is 0 Å². The summed E-state index contributed by atoms with van der Waals surface area (Å²) in [5.41, 5.74) is 8.88. The molecule has 3 nitrogen and oxygen atoms in total. The largest absolute Gasteiger partial charge is 0.399 e. The first-order chi connectivity index (χ1) is 8.19. The van der Waals surface area contributed by atoms with Gasteiger partial charge >= 0.3 is 0 Å². The van der Waals surface area contributed by atoms with Crippen molar-refractivity contribution < 1.29 is 5.11 Å². The number of rotatable bonds is 3. The van der Waals surface area contributed by atoms with Crippen molar-refractivity contribution in [3.63, 3.8) is 0 Å². The Balaban J connectivity index is 2.08. The van der Waals surface area contributed by atoms with Gasteiger partial charge in [-0.05, 0) is 43.5 Å². The monoisotopic (exact) mass is 234 g/mol. The Bertz CT molecular complexity index is 358. The van der Waals surface area contributed by atoms with Gasteiger partial charge in [-0.2, -0.15) is 0 Å². The second-order valence-corrected chi connectivity index (χ2v) is 5.11. The predicted molar refractivity (Wildman–Crippen MR) is 72.0 cm³/mol. The second kappa shape index (κ2) is 5.41. The highest BCUT2D eigenvalue weighted by atomic mass is 16.3. The first-order valence-electron chi connectivity index (χ1n) is 6.43. The van der Waals surface area contributed by atoms with E-state index in [-0.39, 0.29) is 6.61 Å². The van der Waals surface area contributed by atoms with E-state index in [2.05, 4.69) is 11.4 Å². The van der Waals surface area contributed by atoms with Crippen molar-refractivity contribution in [3.05, 3.63) is 23.8 Å². The smallest absolute Gasteiger partial charge is 0.0478 e. The van der Waals surface area contributed by atoms with Crippen LogP contribution in [-0.4, -0.2) is 17.8 Å². The maximum absolute atomic E-state index is 9.38. The lowest BCUT2D eigenvalue weighted by Crippen LogP contribution is -2.34. The Hall–Kier alpha value is -1.22. The fraction of sp³-hybridized carbons (Fsp3) is 0.571. The number of nitrogens with one attached hydrogen (secondary N) is 1. The summed E-state index contributed by atoms with van der Waals surface area (Å²) in [5.74, 6) is 0.380. The van der Waals surface area contributed by atoms with Crippen LogP contribution in [0.3, 0.4) is 0 Å². The first-order valence-corrected chi connectivity index (χ1v) is 6.43. The van der Waals surface area contributed by atoms with Gasteiger partial charge in [0.25, 0.3) is 0 Å². The Morgan fingerprint density at radius 1 is 1.29 bits per heavy atom. The summed E-state index contributed by atoms with van der Waals surface area (Å²) in [6, 6.07) is 6.43. The molecule has 0 amide bonds. The molecule has 4 N–H and O–H groups in total. The van der Waals surface area contributed by atoms with Crippen LogP contribution in [0.4, 0.5) is 11.4 Å². The highest BCUT2D eigenvalue weighted by molar-refractivity contribution is 5.57. The van der Waals surface area contributed by atoms with Crippen LogP contribution in [0.5, 0.6) is 0 Å². The molecule has 0 saturated heterocycles. The fourth-order valence-corrected chi connectivity index (χ4v) is 2.73. The fourth-order valence-electron chi connectivity index (χ4n) is 2.73. The van der Waals surface area contributed by atoms with Crippen molar-refractivity contribution in [2.24, 2.45) is 5.92 Å². The van der Waals surface area contributed by atoms with E-state index in [1.165, 1.54) is 18.4 Å². The molecule has 2 unspecified atom stereocenters. The molecule has 1 aliphatic carbocycles. The molecular weight excluding hydrogens is 212 g/mol. The Morgan fingerprint density at radius 3 is 2.76 bits per heavy atom. The minimum absolute atomic E-state index is 0.277. The molecule has 1 saturated carbocycles. The van der Waals surface area contributed by atoms with Gasteiger partial charge in [-0.3, -0.25) is 0 Å². The molecule has 2 rings (SSSR count). The molecule has 2 atom stereocenters. The maximum Gasteiger partial charge on any atom is 0.0478 e. The lowest BCUT2D eigenvalue weighted by molar-refractivity contribution is 0.178. The SMILES string of the molecule is Cc1cc(N)cc(NC2CCCCC2CO)c1. The Morgan fingerprint density at radius 2 is 2.06 bits per heavy atom. The van der Waals surface area contributed by atoms with Gasteiger partial charge in [0.15, 0.2) is 0 Å². The Kier molecular flexibility index (Phi) is 3.89. The third kappa shape index (κ3) is 3.13. The van der Waals surface area contributed by atoms with Crippen LogP contribution in [0.1, 0.15) is 31.2 Å². The maximum atomic E-state index is 9.38. The lowest BCUT2D eigenvalue weighted by atomic mass is 9.85. The molecule has 94 valence electrons. The molecule has 0 spiro atoms. The highest BCUT2D eigenvalue weighted by Crippen LogP contribution is 2.27. The molecule has 0 bridgehead atoms. The van der Waals surface area contributed by atoms with Crippen molar-refractivity contribution >= 4 is 11.4 Å². The van der Waals surface area contributed by atoms with E-state index in [4.69, 9.17) is 5.73 Å². The summed E-state index contributed by atoms with van der Waals surface area (Å²) in [4.78, 5) is 0. The van der Waals surface area contributed by atoms with Crippen molar-refractivity contribution in [1.82, 2.24) is 0 Å². The molecule has 1 fully saturated rings. The van der Waals surface area contributed by atoms with Gasteiger partial charge in [0, 0.05) is 29.9 Å². The van der Waals surface area contributed by atoms with Crippen molar-refractivity contribution in [3.8, 4) is 0 Å². The second-order valence-electron chi connectivity index (χ2n) is 5.11. The van der Waals surface area contributed by atoms with Crippen molar-refractivity contribution in [2.75, 3.05) is 17.7 Å². The average molecular weight is 234 g/mol. The molecule has 3 heteroatoms. The van der Waals surface area contributed by atoms with Gasteiger partial charge in [-0.15, -0.1) is 0 Å². The van der Waals surface area contributed by atoms with Crippen LogP contribution in [0, 0.1) is 12.8 Å². The zero-order valence-electron chi connectivity index (χ0n) is 10.4. The quantitative estimate of drug-likeness (QED) is 0.704. The van der Waals surface area contributed by atoms with Crippen LogP contribution in [-0.2, 0) is 0 Å².